The molecule has 3 heterocycles. The van der Waals surface area contributed by atoms with Crippen molar-refractivity contribution in [3.63, 3.8) is 0 Å². The molecule has 0 amide bonds. The Kier molecular flexibility index (Phi) is 7.31. The van der Waals surface area contributed by atoms with E-state index < -0.39 is 0 Å². The predicted octanol–water partition coefficient (Wildman–Crippen LogP) is 12.4. The van der Waals surface area contributed by atoms with E-state index in [4.69, 9.17) is 15.0 Å². The van der Waals surface area contributed by atoms with E-state index in [0.29, 0.717) is 11.6 Å². The van der Waals surface area contributed by atoms with Crippen molar-refractivity contribution in [1.29, 1.82) is 0 Å². The Morgan fingerprint density at radius 3 is 1.37 bits per heavy atom. The zero-order valence-electron chi connectivity index (χ0n) is 30.4. The fraction of sp³-hybridized carbons (Fsp3) is 0.0816. The van der Waals surface area contributed by atoms with Gasteiger partial charge in [-0.15, -0.1) is 0 Å². The molecule has 0 fully saturated rings. The average molecular weight is 696 g/mol. The van der Waals surface area contributed by atoms with E-state index >= 15 is 0 Å². The Morgan fingerprint density at radius 1 is 0.370 bits per heavy atom. The molecule has 54 heavy (non-hydrogen) atoms. The van der Waals surface area contributed by atoms with Crippen LogP contribution in [-0.4, -0.2) is 24.1 Å². The van der Waals surface area contributed by atoms with E-state index in [9.17, 15) is 0 Å². The Hall–Kier alpha value is -6.85. The number of fused-ring (bicyclic) bond motifs is 6. The van der Waals surface area contributed by atoms with Crippen molar-refractivity contribution in [2.24, 2.45) is 0 Å². The summed E-state index contributed by atoms with van der Waals surface area (Å²) in [5.74, 6) is 2.02. The number of aromatic nitrogens is 5. The zero-order chi connectivity index (χ0) is 36.4. The standard InChI is InChI=1S/C49H37N5/c1-49(2,3)48-51-46(38-23-10-15-30-43(38)53-40-27-12-7-20-34(40)35-21-8-13-28-41(35)53)50-47(52-48)39-24-11-16-31-44(39)54-42-29-14-9-22-36(42)37-26-17-25-33(45(37)54)32-18-5-4-6-19-32/h4-31H,1-3H3. The summed E-state index contributed by atoms with van der Waals surface area (Å²) in [5.41, 5.74) is 10.5. The molecule has 0 aliphatic rings. The molecule has 0 unspecified atom stereocenters. The molecule has 7 aromatic carbocycles. The number of rotatable bonds is 5. The highest BCUT2D eigenvalue weighted by Crippen LogP contribution is 2.41. The smallest absolute Gasteiger partial charge is 0.165 e. The largest absolute Gasteiger partial charge is 0.309 e. The van der Waals surface area contributed by atoms with Crippen LogP contribution in [0.5, 0.6) is 0 Å². The van der Waals surface area contributed by atoms with Gasteiger partial charge in [-0.05, 0) is 48.0 Å². The molecule has 0 radical (unpaired) electrons. The molecule has 0 saturated heterocycles. The average Bonchev–Trinajstić information content (AvgIpc) is 3.74. The fourth-order valence-corrected chi connectivity index (χ4v) is 7.97. The summed E-state index contributed by atoms with van der Waals surface area (Å²) < 4.78 is 4.74. The van der Waals surface area contributed by atoms with E-state index in [1.165, 1.54) is 32.7 Å². The fourth-order valence-electron chi connectivity index (χ4n) is 7.97. The summed E-state index contributed by atoms with van der Waals surface area (Å²) in [6, 6.07) is 60.1. The molecule has 5 nitrogen and oxygen atoms in total. The maximum absolute atomic E-state index is 5.38. The molecule has 10 rings (SSSR count). The summed E-state index contributed by atoms with van der Waals surface area (Å²) in [6.45, 7) is 6.50. The lowest BCUT2D eigenvalue weighted by Crippen LogP contribution is -2.18. The summed E-state index contributed by atoms with van der Waals surface area (Å²) >= 11 is 0. The Balaban J connectivity index is 1.25. The highest BCUT2D eigenvalue weighted by atomic mass is 15.1. The van der Waals surface area contributed by atoms with Gasteiger partial charge in [-0.2, -0.15) is 0 Å². The number of para-hydroxylation sites is 6. The second-order valence-corrected chi connectivity index (χ2v) is 14.9. The van der Waals surface area contributed by atoms with Crippen molar-refractivity contribution >= 4 is 43.6 Å². The molecule has 0 spiro atoms. The van der Waals surface area contributed by atoms with Crippen LogP contribution in [0.3, 0.4) is 0 Å². The lowest BCUT2D eigenvalue weighted by Gasteiger charge is -2.20. The number of hydrogen-bond donors (Lipinski definition) is 0. The van der Waals surface area contributed by atoms with Gasteiger partial charge >= 0.3 is 0 Å². The van der Waals surface area contributed by atoms with E-state index in [0.717, 1.165) is 50.4 Å². The van der Waals surface area contributed by atoms with Crippen LogP contribution in [0, 0.1) is 0 Å². The first-order chi connectivity index (χ1) is 26.5. The highest BCUT2D eigenvalue weighted by molar-refractivity contribution is 6.14. The van der Waals surface area contributed by atoms with Crippen molar-refractivity contribution in [3.05, 3.63) is 176 Å². The second-order valence-electron chi connectivity index (χ2n) is 14.9. The molecular formula is C49H37N5. The van der Waals surface area contributed by atoms with Gasteiger partial charge in [0.15, 0.2) is 11.6 Å². The van der Waals surface area contributed by atoms with Gasteiger partial charge in [0.25, 0.3) is 0 Å². The first-order valence-electron chi connectivity index (χ1n) is 18.5. The second kappa shape index (κ2) is 12.4. The number of benzene rings is 7. The minimum absolute atomic E-state index is 0.337. The molecule has 258 valence electrons. The summed E-state index contributed by atoms with van der Waals surface area (Å²) in [4.78, 5) is 15.9. The molecule has 5 heteroatoms. The SMILES string of the molecule is CC(C)(C)c1nc(-c2ccccc2-n2c3ccccc3c3ccccc32)nc(-c2ccccc2-n2c3ccccc3c3cccc(-c4ccccc4)c32)n1. The van der Waals surface area contributed by atoms with Crippen molar-refractivity contribution in [2.75, 3.05) is 0 Å². The van der Waals surface area contributed by atoms with Crippen LogP contribution in [0.15, 0.2) is 170 Å². The monoisotopic (exact) mass is 695 g/mol. The first-order valence-corrected chi connectivity index (χ1v) is 18.5. The molecular weight excluding hydrogens is 659 g/mol. The van der Waals surface area contributed by atoms with Crippen LogP contribution < -0.4 is 0 Å². The van der Waals surface area contributed by atoms with Crippen LogP contribution in [0.2, 0.25) is 0 Å². The topological polar surface area (TPSA) is 48.5 Å². The molecule has 3 aromatic heterocycles. The first kappa shape index (κ1) is 31.9. The highest BCUT2D eigenvalue weighted by Gasteiger charge is 2.25. The van der Waals surface area contributed by atoms with E-state index in [1.807, 2.05) is 0 Å². The van der Waals surface area contributed by atoms with Gasteiger partial charge in [-0.3, -0.25) is 0 Å². The summed E-state index contributed by atoms with van der Waals surface area (Å²) in [7, 11) is 0. The molecule has 10 aromatic rings. The van der Waals surface area contributed by atoms with Gasteiger partial charge < -0.3 is 9.13 Å². The Morgan fingerprint density at radius 2 is 0.796 bits per heavy atom. The molecule has 0 N–H and O–H groups in total. The third-order valence-electron chi connectivity index (χ3n) is 10.4. The van der Waals surface area contributed by atoms with Crippen LogP contribution in [0.1, 0.15) is 26.6 Å². The van der Waals surface area contributed by atoms with E-state index in [2.05, 4.69) is 200 Å². The molecule has 0 saturated carbocycles. The minimum Gasteiger partial charge on any atom is -0.309 e. The van der Waals surface area contributed by atoms with Crippen molar-refractivity contribution in [2.45, 2.75) is 26.2 Å². The van der Waals surface area contributed by atoms with Crippen molar-refractivity contribution in [1.82, 2.24) is 24.1 Å². The van der Waals surface area contributed by atoms with Crippen molar-refractivity contribution < 1.29 is 0 Å². The van der Waals surface area contributed by atoms with Crippen LogP contribution in [0.25, 0.3) is 88.9 Å². The quantitative estimate of drug-likeness (QED) is 0.180. The summed E-state index contributed by atoms with van der Waals surface area (Å²) in [5, 5.41) is 4.83. The molecule has 0 aliphatic heterocycles. The molecule has 0 atom stereocenters. The lowest BCUT2D eigenvalue weighted by atomic mass is 9.95. The van der Waals surface area contributed by atoms with Gasteiger partial charge in [0.1, 0.15) is 5.82 Å². The normalized spacial score (nSPS) is 12.0. The van der Waals surface area contributed by atoms with Gasteiger partial charge in [0.05, 0.1) is 33.4 Å². The minimum atomic E-state index is -0.337. The van der Waals surface area contributed by atoms with Crippen LogP contribution >= 0.6 is 0 Å². The van der Waals surface area contributed by atoms with Crippen LogP contribution in [-0.2, 0) is 5.41 Å². The Labute approximate surface area is 313 Å². The van der Waals surface area contributed by atoms with Gasteiger partial charge in [-0.25, -0.2) is 15.0 Å². The third kappa shape index (κ3) is 5.04. The molecule has 0 bridgehead atoms. The lowest BCUT2D eigenvalue weighted by molar-refractivity contribution is 0.543. The van der Waals surface area contributed by atoms with Crippen LogP contribution in [0.4, 0.5) is 0 Å². The van der Waals surface area contributed by atoms with E-state index in [1.54, 1.807) is 0 Å². The van der Waals surface area contributed by atoms with E-state index in [-0.39, 0.29) is 5.41 Å². The van der Waals surface area contributed by atoms with Crippen molar-refractivity contribution in [3.8, 4) is 45.3 Å². The number of hydrogen-bond acceptors (Lipinski definition) is 3. The molecule has 0 aliphatic carbocycles. The number of nitrogens with zero attached hydrogens (tertiary/aromatic N) is 5. The Bertz CT molecular complexity index is 2980. The van der Waals surface area contributed by atoms with Gasteiger partial charge in [0, 0.05) is 43.7 Å². The van der Waals surface area contributed by atoms with Gasteiger partial charge in [-0.1, -0.05) is 148 Å². The van der Waals surface area contributed by atoms with Gasteiger partial charge in [0.2, 0.25) is 0 Å². The summed E-state index contributed by atoms with van der Waals surface area (Å²) in [6.07, 6.45) is 0. The maximum Gasteiger partial charge on any atom is 0.165 e. The predicted molar refractivity (Wildman–Crippen MR) is 224 cm³/mol. The maximum atomic E-state index is 5.38. The third-order valence-corrected chi connectivity index (χ3v) is 10.4. The zero-order valence-corrected chi connectivity index (χ0v) is 30.4.